The molecular formula is C19H20N4OS. The molecule has 1 aliphatic heterocycles. The fourth-order valence-electron chi connectivity index (χ4n) is 3.27. The summed E-state index contributed by atoms with van der Waals surface area (Å²) in [5.74, 6) is 2.03. The first-order valence-corrected chi connectivity index (χ1v) is 9.45. The highest BCUT2D eigenvalue weighted by Gasteiger charge is 2.27. The lowest BCUT2D eigenvalue weighted by Crippen LogP contribution is -2.40. The summed E-state index contributed by atoms with van der Waals surface area (Å²) in [5, 5.41) is 9.45. The highest BCUT2D eigenvalue weighted by atomic mass is 32.1. The van der Waals surface area contributed by atoms with Crippen molar-refractivity contribution in [3.8, 4) is 11.4 Å². The number of thiophene rings is 1. The van der Waals surface area contributed by atoms with Gasteiger partial charge in [0.15, 0.2) is 5.82 Å². The van der Waals surface area contributed by atoms with E-state index in [4.69, 9.17) is 0 Å². The van der Waals surface area contributed by atoms with Crippen molar-refractivity contribution in [3.63, 3.8) is 0 Å². The number of nitrogens with one attached hydrogen (secondary N) is 1. The Bertz CT molecular complexity index is 828. The van der Waals surface area contributed by atoms with Crippen LogP contribution in [0.2, 0.25) is 0 Å². The summed E-state index contributed by atoms with van der Waals surface area (Å²) in [6.07, 6.45) is 2.53. The number of carbonyl (C=O) groups is 1. The molecule has 0 aliphatic carbocycles. The summed E-state index contributed by atoms with van der Waals surface area (Å²) in [4.78, 5) is 20.3. The Morgan fingerprint density at radius 3 is 2.92 bits per heavy atom. The Hall–Kier alpha value is -2.47. The van der Waals surface area contributed by atoms with Crippen molar-refractivity contribution in [2.45, 2.75) is 25.2 Å². The molecule has 5 nitrogen and oxygen atoms in total. The maximum Gasteiger partial charge on any atom is 0.227 e. The number of H-pyrrole nitrogens is 1. The predicted octanol–water partition coefficient (Wildman–Crippen LogP) is 3.48. The van der Waals surface area contributed by atoms with Gasteiger partial charge in [0.2, 0.25) is 5.91 Å². The van der Waals surface area contributed by atoms with Crippen molar-refractivity contribution >= 4 is 17.2 Å². The van der Waals surface area contributed by atoms with Crippen LogP contribution in [-0.2, 0) is 11.2 Å². The molecule has 4 rings (SSSR count). The van der Waals surface area contributed by atoms with E-state index in [0.29, 0.717) is 13.0 Å². The third-order valence-corrected chi connectivity index (χ3v) is 5.48. The van der Waals surface area contributed by atoms with E-state index >= 15 is 0 Å². The minimum absolute atomic E-state index is 0.204. The molecule has 1 fully saturated rings. The molecule has 2 aromatic heterocycles. The fraction of sp³-hybridized carbons (Fsp3) is 0.316. The molecule has 1 atom stereocenters. The SMILES string of the molecule is O=C(Cc1cccs1)N1CCC[C@@H](c2nc(-c3ccccc3)n[nH]2)C1. The average Bonchev–Trinajstić information content (AvgIpc) is 3.34. The first-order chi connectivity index (χ1) is 12.3. The summed E-state index contributed by atoms with van der Waals surface area (Å²) in [5.41, 5.74) is 1.01. The Morgan fingerprint density at radius 1 is 1.24 bits per heavy atom. The third-order valence-electron chi connectivity index (χ3n) is 4.60. The van der Waals surface area contributed by atoms with Gasteiger partial charge in [0, 0.05) is 29.4 Å². The molecular weight excluding hydrogens is 332 g/mol. The largest absolute Gasteiger partial charge is 0.342 e. The first-order valence-electron chi connectivity index (χ1n) is 8.57. The second kappa shape index (κ2) is 7.19. The fourth-order valence-corrected chi connectivity index (χ4v) is 3.97. The van der Waals surface area contributed by atoms with E-state index in [-0.39, 0.29) is 11.8 Å². The van der Waals surface area contributed by atoms with E-state index in [0.717, 1.165) is 41.5 Å². The third kappa shape index (κ3) is 3.64. The molecule has 0 spiro atoms. The number of carbonyl (C=O) groups excluding carboxylic acids is 1. The molecule has 128 valence electrons. The van der Waals surface area contributed by atoms with Crippen molar-refractivity contribution in [1.29, 1.82) is 0 Å². The van der Waals surface area contributed by atoms with Crippen LogP contribution in [0.5, 0.6) is 0 Å². The summed E-state index contributed by atoms with van der Waals surface area (Å²) in [7, 11) is 0. The summed E-state index contributed by atoms with van der Waals surface area (Å²) in [6, 6.07) is 14.0. The van der Waals surface area contributed by atoms with E-state index in [1.807, 2.05) is 52.7 Å². The van der Waals surface area contributed by atoms with Crippen LogP contribution in [0.25, 0.3) is 11.4 Å². The highest BCUT2D eigenvalue weighted by molar-refractivity contribution is 7.10. The number of nitrogens with zero attached hydrogens (tertiary/aromatic N) is 3. The van der Waals surface area contributed by atoms with Crippen LogP contribution in [0.3, 0.4) is 0 Å². The zero-order chi connectivity index (χ0) is 17.1. The number of aromatic amines is 1. The lowest BCUT2D eigenvalue weighted by Gasteiger charge is -2.31. The number of aromatic nitrogens is 3. The zero-order valence-corrected chi connectivity index (χ0v) is 14.7. The molecule has 3 aromatic rings. The number of hydrogen-bond acceptors (Lipinski definition) is 4. The van der Waals surface area contributed by atoms with Gasteiger partial charge in [-0.2, -0.15) is 5.10 Å². The van der Waals surface area contributed by atoms with Gasteiger partial charge in [0.05, 0.1) is 6.42 Å². The molecule has 1 aliphatic rings. The van der Waals surface area contributed by atoms with Crippen LogP contribution in [0.1, 0.15) is 29.5 Å². The predicted molar refractivity (Wildman–Crippen MR) is 98.4 cm³/mol. The molecule has 1 N–H and O–H groups in total. The molecule has 0 saturated carbocycles. The van der Waals surface area contributed by atoms with Gasteiger partial charge in [0.1, 0.15) is 5.82 Å². The number of rotatable bonds is 4. The number of hydrogen-bond donors (Lipinski definition) is 1. The van der Waals surface area contributed by atoms with E-state index in [9.17, 15) is 4.79 Å². The lowest BCUT2D eigenvalue weighted by molar-refractivity contribution is -0.131. The van der Waals surface area contributed by atoms with Crippen molar-refractivity contribution in [2.24, 2.45) is 0 Å². The van der Waals surface area contributed by atoms with Crippen LogP contribution < -0.4 is 0 Å². The number of piperidine rings is 1. The van der Waals surface area contributed by atoms with Crippen LogP contribution in [0.4, 0.5) is 0 Å². The van der Waals surface area contributed by atoms with Crippen LogP contribution >= 0.6 is 11.3 Å². The van der Waals surface area contributed by atoms with Gasteiger partial charge in [-0.15, -0.1) is 11.3 Å². The van der Waals surface area contributed by atoms with Crippen LogP contribution in [0.15, 0.2) is 47.8 Å². The number of likely N-dealkylation sites (tertiary alicyclic amines) is 1. The molecule has 3 heterocycles. The van der Waals surface area contributed by atoms with E-state index in [1.165, 1.54) is 0 Å². The minimum Gasteiger partial charge on any atom is -0.342 e. The zero-order valence-electron chi connectivity index (χ0n) is 13.9. The molecule has 25 heavy (non-hydrogen) atoms. The Labute approximate surface area is 150 Å². The van der Waals surface area contributed by atoms with Crippen LogP contribution in [0, 0.1) is 0 Å². The van der Waals surface area contributed by atoms with E-state index < -0.39 is 0 Å². The average molecular weight is 352 g/mol. The maximum absolute atomic E-state index is 12.6. The molecule has 0 bridgehead atoms. The minimum atomic E-state index is 0.204. The van der Waals surface area contributed by atoms with E-state index in [2.05, 4.69) is 15.2 Å². The Kier molecular flexibility index (Phi) is 4.61. The second-order valence-electron chi connectivity index (χ2n) is 6.35. The molecule has 0 radical (unpaired) electrons. The summed E-state index contributed by atoms with van der Waals surface area (Å²) < 4.78 is 0. The molecule has 1 amide bonds. The number of amides is 1. The first kappa shape index (κ1) is 16.0. The van der Waals surface area contributed by atoms with Gasteiger partial charge < -0.3 is 4.90 Å². The van der Waals surface area contributed by atoms with Crippen molar-refractivity contribution in [1.82, 2.24) is 20.1 Å². The van der Waals surface area contributed by atoms with Gasteiger partial charge in [-0.25, -0.2) is 4.98 Å². The van der Waals surface area contributed by atoms with Gasteiger partial charge in [-0.1, -0.05) is 36.4 Å². The van der Waals surface area contributed by atoms with Crippen molar-refractivity contribution < 1.29 is 4.79 Å². The Morgan fingerprint density at radius 2 is 2.12 bits per heavy atom. The van der Waals surface area contributed by atoms with Gasteiger partial charge in [-0.05, 0) is 24.3 Å². The highest BCUT2D eigenvalue weighted by Crippen LogP contribution is 2.26. The van der Waals surface area contributed by atoms with Gasteiger partial charge >= 0.3 is 0 Å². The lowest BCUT2D eigenvalue weighted by atomic mass is 9.97. The Balaban J connectivity index is 1.44. The van der Waals surface area contributed by atoms with E-state index in [1.54, 1.807) is 11.3 Å². The molecule has 0 unspecified atom stereocenters. The molecule has 1 aromatic carbocycles. The van der Waals surface area contributed by atoms with Gasteiger partial charge in [-0.3, -0.25) is 9.89 Å². The second-order valence-corrected chi connectivity index (χ2v) is 7.38. The molecule has 6 heteroatoms. The van der Waals surface area contributed by atoms with Gasteiger partial charge in [0.25, 0.3) is 0 Å². The standard InChI is InChI=1S/C19H20N4OS/c24-17(12-16-9-5-11-25-16)23-10-4-8-15(13-23)19-20-18(21-22-19)14-6-2-1-3-7-14/h1-3,5-7,9,11,15H,4,8,10,12-13H2,(H,20,21,22)/t15-/m1/s1. The normalized spacial score (nSPS) is 17.6. The monoisotopic (exact) mass is 352 g/mol. The summed E-state index contributed by atoms with van der Waals surface area (Å²) in [6.45, 7) is 1.55. The number of benzene rings is 1. The summed E-state index contributed by atoms with van der Waals surface area (Å²) >= 11 is 1.64. The maximum atomic E-state index is 12.6. The van der Waals surface area contributed by atoms with Crippen molar-refractivity contribution in [3.05, 3.63) is 58.5 Å². The quantitative estimate of drug-likeness (QED) is 0.782. The van der Waals surface area contributed by atoms with Crippen molar-refractivity contribution in [2.75, 3.05) is 13.1 Å². The topological polar surface area (TPSA) is 61.9 Å². The molecule has 1 saturated heterocycles. The van der Waals surface area contributed by atoms with Crippen LogP contribution in [-0.4, -0.2) is 39.1 Å². The smallest absolute Gasteiger partial charge is 0.227 e.